The maximum atomic E-state index is 13.9. The first-order valence-corrected chi connectivity index (χ1v) is 6.66. The predicted octanol–water partition coefficient (Wildman–Crippen LogP) is 2.84. The molecule has 0 fully saturated rings. The zero-order chi connectivity index (χ0) is 14.7. The molecule has 0 unspecified atom stereocenters. The molecule has 5 heteroatoms. The van der Waals surface area contributed by atoms with Crippen LogP contribution in [0.1, 0.15) is 0 Å². The SMILES string of the molecule is OCCNc1nc(-c2ccccc2F)nc2ccccc12. The Balaban J connectivity index is 2.18. The highest BCUT2D eigenvalue weighted by Crippen LogP contribution is 2.26. The number of rotatable bonds is 4. The molecule has 0 aliphatic carbocycles. The molecule has 0 spiro atoms. The molecular weight excluding hydrogens is 269 g/mol. The lowest BCUT2D eigenvalue weighted by molar-refractivity contribution is 0.311. The van der Waals surface area contributed by atoms with Gasteiger partial charge in [0.2, 0.25) is 0 Å². The Morgan fingerprint density at radius 2 is 1.76 bits per heavy atom. The Morgan fingerprint density at radius 1 is 1.00 bits per heavy atom. The zero-order valence-corrected chi connectivity index (χ0v) is 11.3. The van der Waals surface area contributed by atoms with Gasteiger partial charge < -0.3 is 10.4 Å². The average Bonchev–Trinajstić information content (AvgIpc) is 2.53. The topological polar surface area (TPSA) is 58.0 Å². The van der Waals surface area contributed by atoms with Crippen LogP contribution in [-0.2, 0) is 0 Å². The highest BCUT2D eigenvalue weighted by Gasteiger charge is 2.11. The monoisotopic (exact) mass is 283 g/mol. The number of anilines is 1. The lowest BCUT2D eigenvalue weighted by Gasteiger charge is -2.10. The number of halogens is 1. The standard InChI is InChI=1S/C16H14FN3O/c17-13-7-3-1-5-11(13)16-19-14-8-4-2-6-12(14)15(20-16)18-9-10-21/h1-8,21H,9-10H2,(H,18,19,20). The van der Waals surface area contributed by atoms with E-state index in [0.717, 1.165) is 10.9 Å². The predicted molar refractivity (Wildman–Crippen MR) is 80.5 cm³/mol. The molecule has 21 heavy (non-hydrogen) atoms. The summed E-state index contributed by atoms with van der Waals surface area (Å²) < 4.78 is 13.9. The Labute approximate surface area is 121 Å². The van der Waals surface area contributed by atoms with Gasteiger partial charge in [-0.15, -0.1) is 0 Å². The maximum Gasteiger partial charge on any atom is 0.165 e. The molecule has 0 aliphatic rings. The van der Waals surface area contributed by atoms with E-state index < -0.39 is 0 Å². The number of benzene rings is 2. The van der Waals surface area contributed by atoms with E-state index in [1.165, 1.54) is 6.07 Å². The molecule has 2 N–H and O–H groups in total. The Bertz CT molecular complexity index is 776. The van der Waals surface area contributed by atoms with E-state index >= 15 is 0 Å². The van der Waals surface area contributed by atoms with Gasteiger partial charge >= 0.3 is 0 Å². The van der Waals surface area contributed by atoms with Crippen LogP contribution < -0.4 is 5.32 Å². The van der Waals surface area contributed by atoms with Crippen LogP contribution in [0.15, 0.2) is 48.5 Å². The molecule has 4 nitrogen and oxygen atoms in total. The van der Waals surface area contributed by atoms with Gasteiger partial charge in [-0.25, -0.2) is 14.4 Å². The van der Waals surface area contributed by atoms with Crippen molar-refractivity contribution in [3.05, 3.63) is 54.3 Å². The van der Waals surface area contributed by atoms with Crippen LogP contribution in [0, 0.1) is 5.82 Å². The summed E-state index contributed by atoms with van der Waals surface area (Å²) >= 11 is 0. The first-order chi connectivity index (χ1) is 10.3. The second kappa shape index (κ2) is 5.85. The second-order valence-corrected chi connectivity index (χ2v) is 4.54. The minimum Gasteiger partial charge on any atom is -0.395 e. The van der Waals surface area contributed by atoms with Crippen molar-refractivity contribution < 1.29 is 9.50 Å². The van der Waals surface area contributed by atoms with Crippen molar-refractivity contribution in [2.75, 3.05) is 18.5 Å². The van der Waals surface area contributed by atoms with E-state index in [1.54, 1.807) is 18.2 Å². The zero-order valence-electron chi connectivity index (χ0n) is 11.3. The molecule has 0 aliphatic heterocycles. The van der Waals surface area contributed by atoms with Crippen molar-refractivity contribution >= 4 is 16.7 Å². The Hall–Kier alpha value is -2.53. The smallest absolute Gasteiger partial charge is 0.165 e. The summed E-state index contributed by atoms with van der Waals surface area (Å²) in [6.07, 6.45) is 0. The van der Waals surface area contributed by atoms with E-state index in [0.29, 0.717) is 23.8 Å². The van der Waals surface area contributed by atoms with Crippen LogP contribution in [-0.4, -0.2) is 28.2 Å². The molecular formula is C16H14FN3O. The Morgan fingerprint density at radius 3 is 2.57 bits per heavy atom. The maximum absolute atomic E-state index is 13.9. The van der Waals surface area contributed by atoms with Gasteiger partial charge in [-0.3, -0.25) is 0 Å². The minimum absolute atomic E-state index is 0.00659. The fourth-order valence-electron chi connectivity index (χ4n) is 2.15. The largest absolute Gasteiger partial charge is 0.395 e. The van der Waals surface area contributed by atoms with E-state index in [-0.39, 0.29) is 12.4 Å². The second-order valence-electron chi connectivity index (χ2n) is 4.54. The van der Waals surface area contributed by atoms with Crippen LogP contribution in [0.3, 0.4) is 0 Å². The number of hydrogen-bond donors (Lipinski definition) is 2. The van der Waals surface area contributed by atoms with Gasteiger partial charge in [0.25, 0.3) is 0 Å². The highest BCUT2D eigenvalue weighted by molar-refractivity contribution is 5.90. The molecule has 0 atom stereocenters. The van der Waals surface area contributed by atoms with Crippen molar-refractivity contribution in [3.8, 4) is 11.4 Å². The van der Waals surface area contributed by atoms with Gasteiger partial charge in [0.1, 0.15) is 11.6 Å². The average molecular weight is 283 g/mol. The molecule has 0 radical (unpaired) electrons. The molecule has 1 aromatic heterocycles. The summed E-state index contributed by atoms with van der Waals surface area (Å²) in [5, 5.41) is 12.8. The molecule has 0 saturated carbocycles. The summed E-state index contributed by atoms with van der Waals surface area (Å²) in [6, 6.07) is 13.9. The molecule has 3 aromatic rings. The van der Waals surface area contributed by atoms with Gasteiger partial charge in [-0.05, 0) is 24.3 Å². The molecule has 2 aromatic carbocycles. The van der Waals surface area contributed by atoms with Crippen molar-refractivity contribution in [3.63, 3.8) is 0 Å². The molecule has 0 saturated heterocycles. The van der Waals surface area contributed by atoms with Crippen LogP contribution >= 0.6 is 0 Å². The third-order valence-electron chi connectivity index (χ3n) is 3.12. The third-order valence-corrected chi connectivity index (χ3v) is 3.12. The molecule has 0 bridgehead atoms. The van der Waals surface area contributed by atoms with E-state index in [9.17, 15) is 4.39 Å². The van der Waals surface area contributed by atoms with E-state index in [1.807, 2.05) is 24.3 Å². The van der Waals surface area contributed by atoms with Crippen LogP contribution in [0.2, 0.25) is 0 Å². The van der Waals surface area contributed by atoms with Crippen LogP contribution in [0.4, 0.5) is 10.2 Å². The van der Waals surface area contributed by atoms with Crippen LogP contribution in [0.5, 0.6) is 0 Å². The lowest BCUT2D eigenvalue weighted by atomic mass is 10.1. The number of fused-ring (bicyclic) bond motifs is 1. The fourth-order valence-corrected chi connectivity index (χ4v) is 2.15. The first kappa shape index (κ1) is 13.5. The highest BCUT2D eigenvalue weighted by atomic mass is 19.1. The van der Waals surface area contributed by atoms with Crippen molar-refractivity contribution in [1.82, 2.24) is 9.97 Å². The fraction of sp³-hybridized carbons (Fsp3) is 0.125. The number of hydrogen-bond acceptors (Lipinski definition) is 4. The number of para-hydroxylation sites is 1. The normalized spacial score (nSPS) is 10.8. The van der Waals surface area contributed by atoms with Gasteiger partial charge in [0, 0.05) is 11.9 Å². The van der Waals surface area contributed by atoms with E-state index in [2.05, 4.69) is 15.3 Å². The lowest BCUT2D eigenvalue weighted by Crippen LogP contribution is -2.08. The molecule has 3 rings (SSSR count). The summed E-state index contributed by atoms with van der Waals surface area (Å²) in [5.41, 5.74) is 1.08. The summed E-state index contributed by atoms with van der Waals surface area (Å²) in [7, 11) is 0. The number of aromatic nitrogens is 2. The van der Waals surface area contributed by atoms with Gasteiger partial charge in [0.05, 0.1) is 17.7 Å². The number of nitrogens with zero attached hydrogens (tertiary/aromatic N) is 2. The van der Waals surface area contributed by atoms with Crippen molar-refractivity contribution in [2.45, 2.75) is 0 Å². The summed E-state index contributed by atoms with van der Waals surface area (Å²) in [5.74, 6) is 0.557. The van der Waals surface area contributed by atoms with Gasteiger partial charge in [-0.2, -0.15) is 0 Å². The Kier molecular flexibility index (Phi) is 3.75. The number of aliphatic hydroxyl groups excluding tert-OH is 1. The summed E-state index contributed by atoms with van der Waals surface area (Å²) in [6.45, 7) is 0.366. The molecule has 106 valence electrons. The van der Waals surface area contributed by atoms with Crippen LogP contribution in [0.25, 0.3) is 22.3 Å². The number of nitrogens with one attached hydrogen (secondary N) is 1. The van der Waals surface area contributed by atoms with Gasteiger partial charge in [-0.1, -0.05) is 24.3 Å². The third kappa shape index (κ3) is 2.68. The van der Waals surface area contributed by atoms with Gasteiger partial charge in [0.15, 0.2) is 5.82 Å². The van der Waals surface area contributed by atoms with E-state index in [4.69, 9.17) is 5.11 Å². The quantitative estimate of drug-likeness (QED) is 0.773. The molecule has 0 amide bonds. The van der Waals surface area contributed by atoms with Crippen molar-refractivity contribution in [1.29, 1.82) is 0 Å². The number of aliphatic hydroxyl groups is 1. The first-order valence-electron chi connectivity index (χ1n) is 6.66. The minimum atomic E-state index is -0.360. The molecule has 1 heterocycles. The summed E-state index contributed by atoms with van der Waals surface area (Å²) in [4.78, 5) is 8.82. The van der Waals surface area contributed by atoms with Crippen molar-refractivity contribution in [2.24, 2.45) is 0 Å².